The zero-order valence-corrected chi connectivity index (χ0v) is 21.8. The lowest BCUT2D eigenvalue weighted by molar-refractivity contribution is 0.0686. The van der Waals surface area contributed by atoms with E-state index in [2.05, 4.69) is 53.3 Å². The summed E-state index contributed by atoms with van der Waals surface area (Å²) in [5.74, 6) is -0.0523. The number of likely N-dealkylation sites (tertiary alicyclic amines) is 1. The fourth-order valence-corrected chi connectivity index (χ4v) is 5.42. The van der Waals surface area contributed by atoms with Crippen LogP contribution in [-0.4, -0.2) is 44.9 Å². The third-order valence-electron chi connectivity index (χ3n) is 7.58. The zero-order chi connectivity index (χ0) is 26.6. The molecular formula is C32H33N3O3. The average Bonchev–Trinajstić information content (AvgIpc) is 3.56. The molecular weight excluding hydrogens is 474 g/mol. The monoisotopic (exact) mass is 507 g/mol. The number of carboxylic acids is 1. The van der Waals surface area contributed by atoms with E-state index in [1.165, 1.54) is 17.3 Å². The number of nitrogens with zero attached hydrogens (tertiary/aromatic N) is 1. The number of carbonyl (C=O) groups is 2. The van der Waals surface area contributed by atoms with E-state index < -0.39 is 5.97 Å². The Bertz CT molecular complexity index is 1570. The van der Waals surface area contributed by atoms with Crippen molar-refractivity contribution >= 4 is 33.7 Å². The van der Waals surface area contributed by atoms with Gasteiger partial charge in [0.15, 0.2) is 0 Å². The number of carbonyl (C=O) groups excluding carboxylic acids is 1. The van der Waals surface area contributed by atoms with Crippen molar-refractivity contribution in [2.24, 2.45) is 5.92 Å². The van der Waals surface area contributed by atoms with Crippen LogP contribution < -0.4 is 0 Å². The molecule has 0 aliphatic carbocycles. The Morgan fingerprint density at radius 2 is 1.34 bits per heavy atom. The van der Waals surface area contributed by atoms with Gasteiger partial charge in [0.25, 0.3) is 5.91 Å². The molecule has 1 amide bonds. The van der Waals surface area contributed by atoms with Crippen LogP contribution >= 0.6 is 0 Å². The van der Waals surface area contributed by atoms with Crippen LogP contribution in [0.4, 0.5) is 0 Å². The molecule has 0 spiro atoms. The lowest BCUT2D eigenvalue weighted by Crippen LogP contribution is -2.38. The van der Waals surface area contributed by atoms with Crippen LogP contribution in [0, 0.1) is 19.8 Å². The summed E-state index contributed by atoms with van der Waals surface area (Å²) >= 11 is 0. The second-order valence-electron chi connectivity index (χ2n) is 10.1. The first-order valence-electron chi connectivity index (χ1n) is 13.1. The lowest BCUT2D eigenvalue weighted by Gasteiger charge is -2.32. The number of rotatable bonds is 4. The number of hydrogen-bond acceptors (Lipinski definition) is 2. The van der Waals surface area contributed by atoms with Crippen LogP contribution in [0.25, 0.3) is 21.8 Å². The lowest BCUT2D eigenvalue weighted by atomic mass is 9.90. The first-order chi connectivity index (χ1) is 18.4. The molecule has 0 saturated carbocycles. The summed E-state index contributed by atoms with van der Waals surface area (Å²) in [4.78, 5) is 32.0. The first kappa shape index (κ1) is 25.3. The van der Waals surface area contributed by atoms with Crippen molar-refractivity contribution in [1.82, 2.24) is 14.9 Å². The van der Waals surface area contributed by atoms with E-state index >= 15 is 0 Å². The van der Waals surface area contributed by atoms with Crippen molar-refractivity contribution in [2.45, 2.75) is 33.1 Å². The average molecular weight is 508 g/mol. The Balaban J connectivity index is 0.000000190. The molecule has 0 radical (unpaired) electrons. The Kier molecular flexibility index (Phi) is 7.31. The molecule has 0 bridgehead atoms. The number of carboxylic acid groups (broad SMARTS) is 1. The number of nitrogens with one attached hydrogen (secondary N) is 2. The van der Waals surface area contributed by atoms with Crippen molar-refractivity contribution in [3.05, 3.63) is 107 Å². The second kappa shape index (κ2) is 11.0. The molecule has 1 fully saturated rings. The van der Waals surface area contributed by atoms with Gasteiger partial charge in [0.05, 0.1) is 11.1 Å². The highest BCUT2D eigenvalue weighted by Crippen LogP contribution is 2.26. The molecule has 2 aromatic heterocycles. The predicted molar refractivity (Wildman–Crippen MR) is 152 cm³/mol. The fourth-order valence-electron chi connectivity index (χ4n) is 5.42. The number of para-hydroxylation sites is 2. The highest BCUT2D eigenvalue weighted by Gasteiger charge is 2.25. The van der Waals surface area contributed by atoms with Crippen LogP contribution in [-0.2, 0) is 6.42 Å². The van der Waals surface area contributed by atoms with Gasteiger partial charge in [-0.15, -0.1) is 0 Å². The topological polar surface area (TPSA) is 89.2 Å². The van der Waals surface area contributed by atoms with Gasteiger partial charge < -0.3 is 20.0 Å². The van der Waals surface area contributed by atoms with Crippen LogP contribution in [0.5, 0.6) is 0 Å². The summed E-state index contributed by atoms with van der Waals surface area (Å²) in [5.41, 5.74) is 6.76. The highest BCUT2D eigenvalue weighted by molar-refractivity contribution is 6.07. The largest absolute Gasteiger partial charge is 0.478 e. The minimum absolute atomic E-state index is 0.162. The molecule has 38 heavy (non-hydrogen) atoms. The number of aryl methyl sites for hydroxylation is 2. The quantitative estimate of drug-likeness (QED) is 0.251. The molecule has 0 atom stereocenters. The summed E-state index contributed by atoms with van der Waals surface area (Å²) in [6, 6.07) is 22.4. The summed E-state index contributed by atoms with van der Waals surface area (Å²) in [6.45, 7) is 5.73. The molecule has 6 rings (SSSR count). The minimum atomic E-state index is -0.892. The number of benzene rings is 3. The Labute approximate surface area is 222 Å². The Morgan fingerprint density at radius 3 is 1.92 bits per heavy atom. The predicted octanol–water partition coefficient (Wildman–Crippen LogP) is 6.75. The van der Waals surface area contributed by atoms with Crippen molar-refractivity contribution in [3.8, 4) is 0 Å². The Morgan fingerprint density at radius 1 is 0.789 bits per heavy atom. The molecule has 3 N–H and O–H groups in total. The van der Waals surface area contributed by atoms with E-state index in [1.807, 2.05) is 48.4 Å². The van der Waals surface area contributed by atoms with Crippen LogP contribution in [0.3, 0.4) is 0 Å². The van der Waals surface area contributed by atoms with E-state index in [0.29, 0.717) is 11.5 Å². The van der Waals surface area contributed by atoms with Gasteiger partial charge in [0.2, 0.25) is 0 Å². The van der Waals surface area contributed by atoms with Gasteiger partial charge in [0, 0.05) is 47.3 Å². The van der Waals surface area contributed by atoms with Crippen LogP contribution in [0.1, 0.15) is 50.2 Å². The maximum Gasteiger partial charge on any atom is 0.337 e. The number of amides is 1. The third-order valence-corrected chi connectivity index (χ3v) is 7.58. The second-order valence-corrected chi connectivity index (χ2v) is 10.1. The molecule has 194 valence electrons. The molecule has 1 saturated heterocycles. The standard InChI is InChI=1S/C22H24N2O.C10H9NO2/c1-16-6-5-9-19-20(15-23-21(16)19)22(25)24-12-10-18(11-13-24)14-17-7-3-2-4-8-17;1-6-3-2-4-7-8(10(12)13)5-11-9(6)7/h2-9,15,18,23H,10-14H2,1H3;2-5,11H,1H3,(H,12,13). The highest BCUT2D eigenvalue weighted by atomic mass is 16.4. The maximum atomic E-state index is 13.0. The van der Waals surface area contributed by atoms with Crippen molar-refractivity contribution in [2.75, 3.05) is 13.1 Å². The van der Waals surface area contributed by atoms with Gasteiger partial charge in [-0.1, -0.05) is 66.7 Å². The molecule has 6 heteroatoms. The van der Waals surface area contributed by atoms with E-state index in [9.17, 15) is 9.59 Å². The smallest absolute Gasteiger partial charge is 0.337 e. The van der Waals surface area contributed by atoms with Gasteiger partial charge in [-0.2, -0.15) is 0 Å². The normalized spacial score (nSPS) is 13.9. The third kappa shape index (κ3) is 5.21. The van der Waals surface area contributed by atoms with Gasteiger partial charge >= 0.3 is 5.97 Å². The summed E-state index contributed by atoms with van der Waals surface area (Å²) in [7, 11) is 0. The van der Waals surface area contributed by atoms with E-state index in [1.54, 1.807) is 0 Å². The molecule has 0 unspecified atom stereocenters. The van der Waals surface area contributed by atoms with E-state index in [4.69, 9.17) is 5.11 Å². The number of aromatic nitrogens is 2. The SMILES string of the molecule is Cc1cccc2c(C(=O)N3CCC(Cc4ccccc4)CC3)c[nH]c12.Cc1cccc2c(C(=O)O)c[nH]c12. The molecule has 5 aromatic rings. The number of aromatic amines is 2. The number of H-pyrrole nitrogens is 2. The number of hydrogen-bond donors (Lipinski definition) is 3. The van der Waals surface area contributed by atoms with Crippen molar-refractivity contribution < 1.29 is 14.7 Å². The first-order valence-corrected chi connectivity index (χ1v) is 13.1. The van der Waals surface area contributed by atoms with E-state index in [-0.39, 0.29) is 5.91 Å². The summed E-state index contributed by atoms with van der Waals surface area (Å²) in [5, 5.41) is 10.7. The fraction of sp³-hybridized carbons (Fsp3) is 0.250. The van der Waals surface area contributed by atoms with Gasteiger partial charge in [0.1, 0.15) is 0 Å². The van der Waals surface area contributed by atoms with E-state index in [0.717, 1.165) is 65.3 Å². The Hall–Kier alpha value is -4.32. The zero-order valence-electron chi connectivity index (χ0n) is 21.8. The minimum Gasteiger partial charge on any atom is -0.478 e. The molecule has 3 heterocycles. The number of fused-ring (bicyclic) bond motifs is 2. The maximum absolute atomic E-state index is 13.0. The summed E-state index contributed by atoms with van der Waals surface area (Å²) < 4.78 is 0. The number of aromatic carboxylic acids is 1. The number of piperidine rings is 1. The van der Waals surface area contributed by atoms with Crippen molar-refractivity contribution in [3.63, 3.8) is 0 Å². The summed E-state index contributed by atoms with van der Waals surface area (Å²) in [6.07, 6.45) is 6.69. The van der Waals surface area contributed by atoms with Gasteiger partial charge in [-0.05, 0) is 55.7 Å². The van der Waals surface area contributed by atoms with Gasteiger partial charge in [-0.25, -0.2) is 4.79 Å². The molecule has 6 nitrogen and oxygen atoms in total. The van der Waals surface area contributed by atoms with Crippen LogP contribution in [0.15, 0.2) is 79.1 Å². The molecule has 1 aliphatic heterocycles. The molecule has 1 aliphatic rings. The van der Waals surface area contributed by atoms with Crippen molar-refractivity contribution in [1.29, 1.82) is 0 Å². The van der Waals surface area contributed by atoms with Gasteiger partial charge in [-0.3, -0.25) is 4.79 Å². The molecule has 3 aromatic carbocycles. The van der Waals surface area contributed by atoms with Crippen LogP contribution in [0.2, 0.25) is 0 Å².